The molecular weight excluding hydrogens is 228 g/mol. The predicted molar refractivity (Wildman–Crippen MR) is 76.4 cm³/mol. The van der Waals surface area contributed by atoms with E-state index in [0.717, 1.165) is 5.75 Å². The van der Waals surface area contributed by atoms with Crippen LogP contribution < -0.4 is 0 Å². The van der Waals surface area contributed by atoms with E-state index in [1.165, 1.54) is 12.0 Å². The molecule has 1 rings (SSSR count). The highest BCUT2D eigenvalue weighted by Gasteiger charge is 2.13. The minimum Gasteiger partial charge on any atom is -0.300 e. The lowest BCUT2D eigenvalue weighted by Gasteiger charge is -2.18. The third kappa shape index (κ3) is 5.92. The fourth-order valence-corrected chi connectivity index (χ4v) is 3.30. The first-order valence-electron chi connectivity index (χ1n) is 6.25. The van der Waals surface area contributed by atoms with Crippen molar-refractivity contribution in [3.05, 3.63) is 35.9 Å². The number of hydrogen-bond acceptors (Lipinski definition) is 2. The van der Waals surface area contributed by atoms with Crippen molar-refractivity contribution in [3.63, 3.8) is 0 Å². The van der Waals surface area contributed by atoms with Gasteiger partial charge in [-0.15, -0.1) is 0 Å². The number of rotatable bonds is 7. The molecule has 1 nitrogen and oxygen atoms in total. The summed E-state index contributed by atoms with van der Waals surface area (Å²) >= 11 is 1.91. The third-order valence-electron chi connectivity index (χ3n) is 2.63. The molecular formula is C15H22OS. The Morgan fingerprint density at radius 2 is 1.88 bits per heavy atom. The maximum absolute atomic E-state index is 11.0. The lowest BCUT2D eigenvalue weighted by atomic mass is 10.0. The first-order chi connectivity index (χ1) is 8.09. The van der Waals surface area contributed by atoms with Crippen LogP contribution in [0.15, 0.2) is 30.3 Å². The van der Waals surface area contributed by atoms with Crippen molar-refractivity contribution in [1.82, 2.24) is 0 Å². The Morgan fingerprint density at radius 1 is 1.24 bits per heavy atom. The van der Waals surface area contributed by atoms with E-state index in [4.69, 9.17) is 0 Å². The zero-order valence-electron chi connectivity index (χ0n) is 11.0. The molecule has 0 radical (unpaired) electrons. The highest BCUT2D eigenvalue weighted by molar-refractivity contribution is 7.99. The van der Waals surface area contributed by atoms with E-state index in [-0.39, 0.29) is 5.78 Å². The molecule has 1 aromatic rings. The molecule has 0 fully saturated rings. The summed E-state index contributed by atoms with van der Waals surface area (Å²) in [6, 6.07) is 10.6. The molecule has 0 saturated carbocycles. The Bertz CT molecular complexity index is 332. The monoisotopic (exact) mass is 250 g/mol. The van der Waals surface area contributed by atoms with Crippen molar-refractivity contribution in [2.24, 2.45) is 5.92 Å². The Kier molecular flexibility index (Phi) is 6.35. The fourth-order valence-electron chi connectivity index (χ4n) is 1.74. The van der Waals surface area contributed by atoms with Crippen molar-refractivity contribution < 1.29 is 4.79 Å². The predicted octanol–water partition coefficient (Wildman–Crippen LogP) is 4.49. The number of ketones is 1. The summed E-state index contributed by atoms with van der Waals surface area (Å²) < 4.78 is 0. The standard InChI is InChI=1S/C15H22OS/c1-12(2)11-15(17-10-9-13(3)16)14-7-5-4-6-8-14/h4-8,12,15H,9-11H2,1-3H3. The molecule has 0 aromatic heterocycles. The number of carbonyl (C=O) groups excluding carboxylic acids is 1. The largest absolute Gasteiger partial charge is 0.300 e. The van der Waals surface area contributed by atoms with Crippen LogP contribution in [0.2, 0.25) is 0 Å². The van der Waals surface area contributed by atoms with Gasteiger partial charge in [0.2, 0.25) is 0 Å². The van der Waals surface area contributed by atoms with Gasteiger partial charge in [-0.2, -0.15) is 11.8 Å². The van der Waals surface area contributed by atoms with Crippen LogP contribution in [0.1, 0.15) is 44.4 Å². The van der Waals surface area contributed by atoms with Gasteiger partial charge in [-0.25, -0.2) is 0 Å². The molecule has 1 unspecified atom stereocenters. The second-order valence-corrected chi connectivity index (χ2v) is 6.16. The second kappa shape index (κ2) is 7.54. The van der Waals surface area contributed by atoms with Crippen LogP contribution in [0, 0.1) is 5.92 Å². The van der Waals surface area contributed by atoms with Crippen LogP contribution in [0.25, 0.3) is 0 Å². The molecule has 0 aliphatic rings. The average Bonchev–Trinajstić information content (AvgIpc) is 2.28. The van der Waals surface area contributed by atoms with Crippen LogP contribution in [0.3, 0.4) is 0 Å². The molecule has 0 saturated heterocycles. The molecule has 0 amide bonds. The number of hydrogen-bond donors (Lipinski definition) is 0. The van der Waals surface area contributed by atoms with E-state index in [2.05, 4.69) is 44.2 Å². The summed E-state index contributed by atoms with van der Waals surface area (Å²) in [7, 11) is 0. The first kappa shape index (κ1) is 14.3. The molecule has 0 bridgehead atoms. The summed E-state index contributed by atoms with van der Waals surface area (Å²) in [6.07, 6.45) is 1.86. The van der Waals surface area contributed by atoms with E-state index in [9.17, 15) is 4.79 Å². The second-order valence-electron chi connectivity index (χ2n) is 4.85. The Hall–Kier alpha value is -0.760. The van der Waals surface area contributed by atoms with Crippen molar-refractivity contribution >= 4 is 17.5 Å². The van der Waals surface area contributed by atoms with Crippen molar-refractivity contribution in [2.45, 2.75) is 38.9 Å². The minimum absolute atomic E-state index is 0.286. The van der Waals surface area contributed by atoms with Crippen molar-refractivity contribution in [3.8, 4) is 0 Å². The zero-order valence-corrected chi connectivity index (χ0v) is 11.8. The zero-order chi connectivity index (χ0) is 12.7. The Morgan fingerprint density at radius 3 is 2.41 bits per heavy atom. The molecule has 0 N–H and O–H groups in total. The topological polar surface area (TPSA) is 17.1 Å². The van der Waals surface area contributed by atoms with Gasteiger partial charge in [0, 0.05) is 17.4 Å². The highest BCUT2D eigenvalue weighted by atomic mass is 32.2. The van der Waals surface area contributed by atoms with Gasteiger partial charge in [0.25, 0.3) is 0 Å². The highest BCUT2D eigenvalue weighted by Crippen LogP contribution is 2.34. The van der Waals surface area contributed by atoms with E-state index in [1.54, 1.807) is 6.92 Å². The molecule has 0 aliphatic carbocycles. The summed E-state index contributed by atoms with van der Waals surface area (Å²) in [5, 5.41) is 0.524. The van der Waals surface area contributed by atoms with E-state index < -0.39 is 0 Å². The third-order valence-corrected chi connectivity index (χ3v) is 3.94. The SMILES string of the molecule is CC(=O)CCSC(CC(C)C)c1ccccc1. The minimum atomic E-state index is 0.286. The van der Waals surface area contributed by atoms with Crippen LogP contribution in [-0.4, -0.2) is 11.5 Å². The molecule has 94 valence electrons. The van der Waals surface area contributed by atoms with Crippen LogP contribution in [-0.2, 0) is 4.79 Å². The van der Waals surface area contributed by atoms with Gasteiger partial charge in [-0.3, -0.25) is 4.79 Å². The van der Waals surface area contributed by atoms with Gasteiger partial charge in [-0.05, 0) is 24.8 Å². The summed E-state index contributed by atoms with van der Waals surface area (Å²) in [6.45, 7) is 6.17. The maximum Gasteiger partial charge on any atom is 0.130 e. The van der Waals surface area contributed by atoms with Gasteiger partial charge < -0.3 is 0 Å². The van der Waals surface area contributed by atoms with Gasteiger partial charge >= 0.3 is 0 Å². The number of carbonyl (C=O) groups is 1. The molecule has 0 heterocycles. The van der Waals surface area contributed by atoms with Gasteiger partial charge in [0.05, 0.1) is 0 Å². The molecule has 1 aromatic carbocycles. The maximum atomic E-state index is 11.0. The van der Waals surface area contributed by atoms with Crippen molar-refractivity contribution in [1.29, 1.82) is 0 Å². The smallest absolute Gasteiger partial charge is 0.130 e. The summed E-state index contributed by atoms with van der Waals surface area (Å²) in [4.78, 5) is 11.0. The summed E-state index contributed by atoms with van der Waals surface area (Å²) in [5.74, 6) is 1.90. The number of thioether (sulfide) groups is 1. The molecule has 2 heteroatoms. The normalized spacial score (nSPS) is 12.7. The molecule has 1 atom stereocenters. The Balaban J connectivity index is 2.58. The molecule has 0 spiro atoms. The summed E-state index contributed by atoms with van der Waals surface area (Å²) in [5.41, 5.74) is 1.38. The van der Waals surface area contributed by atoms with Crippen LogP contribution in [0.4, 0.5) is 0 Å². The molecule has 0 aliphatic heterocycles. The lowest BCUT2D eigenvalue weighted by Crippen LogP contribution is -2.02. The first-order valence-corrected chi connectivity index (χ1v) is 7.30. The van der Waals surface area contributed by atoms with E-state index in [1.807, 2.05) is 11.8 Å². The van der Waals surface area contributed by atoms with Gasteiger partial charge in [0.1, 0.15) is 5.78 Å². The van der Waals surface area contributed by atoms with E-state index in [0.29, 0.717) is 17.6 Å². The quantitative estimate of drug-likeness (QED) is 0.709. The Labute approximate surface area is 109 Å². The van der Waals surface area contributed by atoms with Crippen LogP contribution in [0.5, 0.6) is 0 Å². The lowest BCUT2D eigenvalue weighted by molar-refractivity contribution is -0.116. The fraction of sp³-hybridized carbons (Fsp3) is 0.533. The van der Waals surface area contributed by atoms with E-state index >= 15 is 0 Å². The van der Waals surface area contributed by atoms with Crippen LogP contribution >= 0.6 is 11.8 Å². The van der Waals surface area contributed by atoms with Gasteiger partial charge in [-0.1, -0.05) is 44.2 Å². The number of Topliss-reactive ketones (excluding diaryl/α,β-unsaturated/α-hetero) is 1. The average molecular weight is 250 g/mol. The molecule has 17 heavy (non-hydrogen) atoms. The van der Waals surface area contributed by atoms with Crippen molar-refractivity contribution in [2.75, 3.05) is 5.75 Å². The number of benzene rings is 1. The van der Waals surface area contributed by atoms with Gasteiger partial charge in [0.15, 0.2) is 0 Å².